The molecule has 0 aliphatic rings. The van der Waals surface area contributed by atoms with Crippen LogP contribution in [0, 0.1) is 0 Å². The Kier molecular flexibility index (Phi) is 8.29. The molecule has 28 heavy (non-hydrogen) atoms. The fourth-order valence-corrected chi connectivity index (χ4v) is 2.88. The molecule has 0 bridgehead atoms. The van der Waals surface area contributed by atoms with Crippen molar-refractivity contribution in [3.8, 4) is 5.75 Å². The van der Waals surface area contributed by atoms with Crippen LogP contribution in [0.1, 0.15) is 25.8 Å². The Morgan fingerprint density at radius 2 is 1.89 bits per heavy atom. The number of carbonyl (C=O) groups is 2. The fourth-order valence-electron chi connectivity index (χ4n) is 2.09. The molecule has 9 heteroatoms. The topological polar surface area (TPSA) is 79.8 Å². The van der Waals surface area contributed by atoms with Crippen molar-refractivity contribution >= 4 is 62.8 Å². The highest BCUT2D eigenvalue weighted by Crippen LogP contribution is 2.26. The summed E-state index contributed by atoms with van der Waals surface area (Å²) >= 11 is 15.1. The second kappa shape index (κ2) is 10.5. The zero-order valence-electron chi connectivity index (χ0n) is 15.1. The lowest BCUT2D eigenvalue weighted by Crippen LogP contribution is -2.24. The highest BCUT2D eigenvalue weighted by molar-refractivity contribution is 9.10. The molecule has 0 saturated heterocycles. The first-order chi connectivity index (χ1) is 13.2. The van der Waals surface area contributed by atoms with Gasteiger partial charge in [-0.05, 0) is 71.7 Å². The van der Waals surface area contributed by atoms with Crippen LogP contribution in [-0.2, 0) is 9.59 Å². The average Bonchev–Trinajstić information content (AvgIpc) is 2.60. The molecule has 0 atom stereocenters. The van der Waals surface area contributed by atoms with E-state index in [4.69, 9.17) is 27.9 Å². The quantitative estimate of drug-likeness (QED) is 0.327. The van der Waals surface area contributed by atoms with E-state index in [0.717, 1.165) is 15.8 Å². The lowest BCUT2D eigenvalue weighted by atomic mass is 10.2. The Morgan fingerprint density at radius 3 is 2.54 bits per heavy atom. The third kappa shape index (κ3) is 7.14. The third-order valence-electron chi connectivity index (χ3n) is 3.25. The smallest absolute Gasteiger partial charge is 0.249 e. The Labute approximate surface area is 181 Å². The Hall–Kier alpha value is -2.09. The van der Waals surface area contributed by atoms with Crippen LogP contribution in [0.25, 0.3) is 0 Å². The van der Waals surface area contributed by atoms with E-state index in [-0.39, 0.29) is 12.5 Å². The zero-order chi connectivity index (χ0) is 20.7. The molecule has 0 fully saturated rings. The van der Waals surface area contributed by atoms with Crippen LogP contribution in [-0.4, -0.2) is 24.1 Å². The minimum absolute atomic E-state index is 0.0603. The maximum atomic E-state index is 11.9. The number of hydrazone groups is 1. The van der Waals surface area contributed by atoms with Crippen molar-refractivity contribution in [2.24, 2.45) is 5.10 Å². The Balaban J connectivity index is 1.85. The molecule has 2 aromatic rings. The van der Waals surface area contributed by atoms with E-state index in [0.29, 0.717) is 15.7 Å². The predicted octanol–water partition coefficient (Wildman–Crippen LogP) is 5.02. The molecule has 2 aromatic carbocycles. The second-order valence-electron chi connectivity index (χ2n) is 6.00. The number of nitrogens with one attached hydrogen (secondary N) is 2. The molecule has 0 saturated carbocycles. The summed E-state index contributed by atoms with van der Waals surface area (Å²) in [7, 11) is 0. The summed E-state index contributed by atoms with van der Waals surface area (Å²) in [5.74, 6) is -0.327. The van der Waals surface area contributed by atoms with Crippen molar-refractivity contribution in [2.75, 3.05) is 5.32 Å². The molecule has 2 rings (SSSR count). The number of anilines is 1. The van der Waals surface area contributed by atoms with Gasteiger partial charge in [0.15, 0.2) is 0 Å². The molecule has 148 valence electrons. The normalized spacial score (nSPS) is 10.9. The van der Waals surface area contributed by atoms with Crippen molar-refractivity contribution in [3.05, 3.63) is 56.5 Å². The highest BCUT2D eigenvalue weighted by Gasteiger charge is 2.10. The van der Waals surface area contributed by atoms with E-state index in [1.165, 1.54) is 12.3 Å². The molecule has 2 N–H and O–H groups in total. The molecule has 6 nitrogen and oxygen atoms in total. The predicted molar refractivity (Wildman–Crippen MR) is 115 cm³/mol. The molecule has 0 unspecified atom stereocenters. The maximum Gasteiger partial charge on any atom is 0.249 e. The first-order valence-corrected chi connectivity index (χ1v) is 9.82. The highest BCUT2D eigenvalue weighted by atomic mass is 79.9. The zero-order valence-corrected chi connectivity index (χ0v) is 18.2. The number of amides is 2. The van der Waals surface area contributed by atoms with Gasteiger partial charge in [0.25, 0.3) is 0 Å². The molecule has 0 heterocycles. The first kappa shape index (κ1) is 22.2. The molecule has 0 radical (unpaired) electrons. The van der Waals surface area contributed by atoms with Gasteiger partial charge in [0, 0.05) is 5.69 Å². The SMILES string of the molecule is CC(C)Oc1ccc(C=NNC(=O)CC(=O)Nc2ccc(Cl)c(Cl)c2)cc1Br. The Morgan fingerprint density at radius 1 is 1.14 bits per heavy atom. The van der Waals surface area contributed by atoms with Crippen LogP contribution in [0.2, 0.25) is 10.0 Å². The summed E-state index contributed by atoms with van der Waals surface area (Å²) in [5.41, 5.74) is 3.51. The average molecular weight is 487 g/mol. The van der Waals surface area contributed by atoms with Crippen LogP contribution >= 0.6 is 39.1 Å². The molecule has 0 aromatic heterocycles. The third-order valence-corrected chi connectivity index (χ3v) is 4.60. The van der Waals surface area contributed by atoms with Crippen molar-refractivity contribution in [2.45, 2.75) is 26.4 Å². The molecular formula is C19H18BrCl2N3O3. The number of nitrogens with zero attached hydrogens (tertiary/aromatic N) is 1. The minimum atomic E-state index is -0.548. The maximum absolute atomic E-state index is 11.9. The van der Waals surface area contributed by atoms with Gasteiger partial charge in [-0.3, -0.25) is 9.59 Å². The molecule has 0 spiro atoms. The van der Waals surface area contributed by atoms with Gasteiger partial charge in [0.1, 0.15) is 12.2 Å². The van der Waals surface area contributed by atoms with E-state index in [1.807, 2.05) is 19.9 Å². The van der Waals surface area contributed by atoms with E-state index < -0.39 is 11.8 Å². The summed E-state index contributed by atoms with van der Waals surface area (Å²) in [4.78, 5) is 23.7. The van der Waals surface area contributed by atoms with Gasteiger partial charge in [-0.1, -0.05) is 23.2 Å². The van der Waals surface area contributed by atoms with Crippen molar-refractivity contribution in [1.29, 1.82) is 0 Å². The standard InChI is InChI=1S/C19H18BrCl2N3O3/c1-11(2)28-17-6-3-12(7-14(17)20)10-23-25-19(27)9-18(26)24-13-4-5-15(21)16(22)8-13/h3-8,10-11H,9H2,1-2H3,(H,24,26)(H,25,27). The Bertz CT molecular complexity index is 904. The second-order valence-corrected chi connectivity index (χ2v) is 7.67. The lowest BCUT2D eigenvalue weighted by Gasteiger charge is -2.11. The van der Waals surface area contributed by atoms with Gasteiger partial charge < -0.3 is 10.1 Å². The monoisotopic (exact) mass is 485 g/mol. The number of hydrogen-bond donors (Lipinski definition) is 2. The number of rotatable bonds is 7. The number of ether oxygens (including phenoxy) is 1. The molecule has 0 aliphatic carbocycles. The summed E-state index contributed by atoms with van der Waals surface area (Å²) in [6.45, 7) is 3.88. The van der Waals surface area contributed by atoms with Crippen LogP contribution < -0.4 is 15.5 Å². The molecule has 2 amide bonds. The summed E-state index contributed by atoms with van der Waals surface area (Å²) in [6, 6.07) is 10.1. The number of carbonyl (C=O) groups excluding carboxylic acids is 2. The number of benzene rings is 2. The molecular weight excluding hydrogens is 469 g/mol. The van der Waals surface area contributed by atoms with Crippen molar-refractivity contribution in [3.63, 3.8) is 0 Å². The first-order valence-electron chi connectivity index (χ1n) is 8.27. The lowest BCUT2D eigenvalue weighted by molar-refractivity contribution is -0.126. The van der Waals surface area contributed by atoms with Crippen molar-refractivity contribution < 1.29 is 14.3 Å². The van der Waals surface area contributed by atoms with E-state index in [1.54, 1.807) is 24.3 Å². The largest absolute Gasteiger partial charge is 0.490 e. The summed E-state index contributed by atoms with van der Waals surface area (Å²) in [5, 5.41) is 7.10. The number of halogens is 3. The van der Waals surface area contributed by atoms with Crippen molar-refractivity contribution in [1.82, 2.24) is 5.43 Å². The van der Waals surface area contributed by atoms with Gasteiger partial charge in [-0.25, -0.2) is 5.43 Å². The van der Waals surface area contributed by atoms with Gasteiger partial charge in [-0.2, -0.15) is 5.10 Å². The van der Waals surface area contributed by atoms with E-state index >= 15 is 0 Å². The van der Waals surface area contributed by atoms with Gasteiger partial charge in [-0.15, -0.1) is 0 Å². The van der Waals surface area contributed by atoms with E-state index in [9.17, 15) is 9.59 Å². The minimum Gasteiger partial charge on any atom is -0.490 e. The summed E-state index contributed by atoms with van der Waals surface area (Å²) in [6.07, 6.45) is 1.14. The van der Waals surface area contributed by atoms with Crippen LogP contribution in [0.4, 0.5) is 5.69 Å². The fraction of sp³-hybridized carbons (Fsp3) is 0.211. The van der Waals surface area contributed by atoms with E-state index in [2.05, 4.69) is 31.8 Å². The summed E-state index contributed by atoms with van der Waals surface area (Å²) < 4.78 is 6.40. The van der Waals surface area contributed by atoms with Gasteiger partial charge in [0.2, 0.25) is 11.8 Å². The van der Waals surface area contributed by atoms with Crippen LogP contribution in [0.3, 0.4) is 0 Å². The number of hydrogen-bond acceptors (Lipinski definition) is 4. The molecule has 0 aliphatic heterocycles. The van der Waals surface area contributed by atoms with Gasteiger partial charge in [0.05, 0.1) is 26.8 Å². The van der Waals surface area contributed by atoms with Crippen LogP contribution in [0.15, 0.2) is 46.0 Å². The van der Waals surface area contributed by atoms with Crippen LogP contribution in [0.5, 0.6) is 5.75 Å². The van der Waals surface area contributed by atoms with Gasteiger partial charge >= 0.3 is 0 Å².